The van der Waals surface area contributed by atoms with Crippen molar-refractivity contribution in [3.8, 4) is 0 Å². The zero-order chi connectivity index (χ0) is 10.0. The molecule has 4 aliphatic carbocycles. The molecule has 4 rings (SSSR count). The summed E-state index contributed by atoms with van der Waals surface area (Å²) in [7, 11) is 0. The van der Waals surface area contributed by atoms with Gasteiger partial charge in [-0.3, -0.25) is 0 Å². The highest BCUT2D eigenvalue weighted by molar-refractivity contribution is 9.12. The highest BCUT2D eigenvalue weighted by atomic mass is 79.9. The fourth-order valence-corrected chi connectivity index (χ4v) is 7.94. The van der Waals surface area contributed by atoms with Gasteiger partial charge in [-0.1, -0.05) is 63.7 Å². The fourth-order valence-electron chi connectivity index (χ4n) is 3.73. The Kier molecular flexibility index (Phi) is 2.92. The molecule has 8 unspecified atom stereocenters. The maximum absolute atomic E-state index is 3.88. The number of hydrogen-bond donors (Lipinski definition) is 0. The molecule has 0 saturated heterocycles. The second-order valence-corrected chi connectivity index (χ2v) is 9.07. The minimum absolute atomic E-state index is 0.697. The van der Waals surface area contributed by atoms with Gasteiger partial charge in [-0.15, -0.1) is 0 Å². The molecule has 0 aliphatic heterocycles. The lowest BCUT2D eigenvalue weighted by Gasteiger charge is -2.64. The molecule has 0 aromatic heterocycles. The van der Waals surface area contributed by atoms with E-state index in [1.807, 2.05) is 0 Å². The Bertz CT molecular complexity index is 227. The lowest BCUT2D eigenvalue weighted by molar-refractivity contribution is -0.0184. The van der Waals surface area contributed by atoms with E-state index in [4.69, 9.17) is 0 Å². The highest BCUT2D eigenvalue weighted by Crippen LogP contribution is 2.64. The summed E-state index contributed by atoms with van der Waals surface area (Å²) in [5.41, 5.74) is 0. The Balaban J connectivity index is 1.92. The molecule has 0 aromatic carbocycles. The molecule has 8 atom stereocenters. The van der Waals surface area contributed by atoms with E-state index < -0.39 is 0 Å². The zero-order valence-corrected chi connectivity index (χ0v) is 13.9. The number of alkyl halides is 4. The van der Waals surface area contributed by atoms with Crippen molar-refractivity contribution in [2.45, 2.75) is 32.2 Å². The number of hydrogen-bond acceptors (Lipinski definition) is 0. The van der Waals surface area contributed by atoms with Crippen LogP contribution in [0, 0.1) is 23.7 Å². The Labute approximate surface area is 118 Å². The predicted octanol–water partition coefficient (Wildman–Crippen LogP) is 4.33. The number of rotatable bonds is 0. The molecule has 0 nitrogen and oxygen atoms in total. The molecule has 0 heterocycles. The van der Waals surface area contributed by atoms with Crippen molar-refractivity contribution in [2.75, 3.05) is 0 Å². The summed E-state index contributed by atoms with van der Waals surface area (Å²) in [5, 5.41) is 0. The van der Waals surface area contributed by atoms with Gasteiger partial charge in [0.25, 0.3) is 0 Å². The fraction of sp³-hybridized carbons (Fsp3) is 1.00. The molecular weight excluding hydrogens is 440 g/mol. The van der Waals surface area contributed by atoms with Crippen LogP contribution in [0.3, 0.4) is 0 Å². The van der Waals surface area contributed by atoms with Crippen molar-refractivity contribution in [1.82, 2.24) is 0 Å². The van der Waals surface area contributed by atoms with E-state index in [-0.39, 0.29) is 0 Å². The van der Waals surface area contributed by atoms with E-state index in [1.165, 1.54) is 12.8 Å². The summed E-state index contributed by atoms with van der Waals surface area (Å²) in [4.78, 5) is 2.81. The van der Waals surface area contributed by atoms with Crippen LogP contribution in [0.2, 0.25) is 0 Å². The van der Waals surface area contributed by atoms with Gasteiger partial charge in [-0.05, 0) is 36.5 Å². The first-order chi connectivity index (χ1) is 6.63. The molecule has 0 aromatic rings. The largest absolute Gasteiger partial charge is 0.0875 e. The summed E-state index contributed by atoms with van der Waals surface area (Å²) < 4.78 is 0. The van der Waals surface area contributed by atoms with Gasteiger partial charge in [0.05, 0.1) is 0 Å². The summed E-state index contributed by atoms with van der Waals surface area (Å²) in [6.45, 7) is 0. The van der Waals surface area contributed by atoms with E-state index in [1.54, 1.807) is 0 Å². The molecular formula is C10H12Br4. The van der Waals surface area contributed by atoms with E-state index in [0.717, 1.165) is 23.7 Å². The third kappa shape index (κ3) is 1.26. The third-order valence-electron chi connectivity index (χ3n) is 4.43. The second-order valence-electron chi connectivity index (χ2n) is 4.84. The van der Waals surface area contributed by atoms with Gasteiger partial charge in [-0.2, -0.15) is 0 Å². The molecule has 0 amide bonds. The van der Waals surface area contributed by atoms with Gasteiger partial charge in [0.15, 0.2) is 0 Å². The van der Waals surface area contributed by atoms with E-state index >= 15 is 0 Å². The van der Waals surface area contributed by atoms with Crippen LogP contribution in [-0.2, 0) is 0 Å². The smallest absolute Gasteiger partial charge is 0.0308 e. The van der Waals surface area contributed by atoms with Crippen molar-refractivity contribution < 1.29 is 0 Å². The minimum atomic E-state index is 0.697. The first-order valence-corrected chi connectivity index (χ1v) is 8.85. The van der Waals surface area contributed by atoms with Crippen LogP contribution >= 0.6 is 63.7 Å². The summed E-state index contributed by atoms with van der Waals surface area (Å²) in [6.07, 6.45) is 2.84. The number of halogens is 4. The van der Waals surface area contributed by atoms with Crippen LogP contribution in [0.15, 0.2) is 0 Å². The normalized spacial score (nSPS) is 66.0. The van der Waals surface area contributed by atoms with Crippen LogP contribution in [0.25, 0.3) is 0 Å². The first kappa shape index (κ1) is 11.0. The van der Waals surface area contributed by atoms with Crippen molar-refractivity contribution in [3.05, 3.63) is 0 Å². The van der Waals surface area contributed by atoms with E-state index in [2.05, 4.69) is 63.7 Å². The van der Waals surface area contributed by atoms with E-state index in [9.17, 15) is 0 Å². The van der Waals surface area contributed by atoms with Gasteiger partial charge >= 0.3 is 0 Å². The quantitative estimate of drug-likeness (QED) is 0.481. The monoisotopic (exact) mass is 448 g/mol. The topological polar surface area (TPSA) is 0 Å². The van der Waals surface area contributed by atoms with Gasteiger partial charge < -0.3 is 0 Å². The SMILES string of the molecule is BrC1C(Br)C2CCC1C1C(Br)C(Br)C21. The number of fused-ring (bicyclic) bond motifs is 2. The molecule has 0 spiro atoms. The third-order valence-corrected chi connectivity index (χ3v) is 10.7. The highest BCUT2D eigenvalue weighted by Gasteiger charge is 2.63. The van der Waals surface area contributed by atoms with Crippen LogP contribution < -0.4 is 0 Å². The first-order valence-electron chi connectivity index (χ1n) is 5.19. The lowest BCUT2D eigenvalue weighted by atomic mass is 9.50. The maximum Gasteiger partial charge on any atom is 0.0308 e. The summed E-state index contributed by atoms with van der Waals surface area (Å²) in [6, 6.07) is 0. The predicted molar refractivity (Wildman–Crippen MR) is 74.1 cm³/mol. The Hall–Kier alpha value is 1.92. The van der Waals surface area contributed by atoms with Crippen LogP contribution in [0.5, 0.6) is 0 Å². The van der Waals surface area contributed by atoms with Gasteiger partial charge in [-0.25, -0.2) is 0 Å². The second kappa shape index (κ2) is 3.71. The van der Waals surface area contributed by atoms with Crippen LogP contribution in [-0.4, -0.2) is 19.3 Å². The maximum atomic E-state index is 3.88. The summed E-state index contributed by atoms with van der Waals surface area (Å²) >= 11 is 15.4. The minimum Gasteiger partial charge on any atom is -0.0875 e. The summed E-state index contributed by atoms with van der Waals surface area (Å²) in [5.74, 6) is 3.59. The van der Waals surface area contributed by atoms with Gasteiger partial charge in [0.1, 0.15) is 0 Å². The van der Waals surface area contributed by atoms with Gasteiger partial charge in [0.2, 0.25) is 0 Å². The molecule has 2 bridgehead atoms. The van der Waals surface area contributed by atoms with Crippen molar-refractivity contribution in [2.24, 2.45) is 23.7 Å². The molecule has 4 aliphatic rings. The molecule has 0 radical (unpaired) electrons. The average molecular weight is 452 g/mol. The lowest BCUT2D eigenvalue weighted by Crippen LogP contribution is -2.66. The Morgan fingerprint density at radius 1 is 0.571 bits per heavy atom. The van der Waals surface area contributed by atoms with Crippen LogP contribution in [0.4, 0.5) is 0 Å². The standard InChI is InChI=1S/C10H12Br4/c11-7-3-1-2-4(8(7)12)6-5(3)9(13)10(6)14/h3-10H,1-2H2. The zero-order valence-electron chi connectivity index (χ0n) is 7.54. The van der Waals surface area contributed by atoms with Crippen molar-refractivity contribution in [1.29, 1.82) is 0 Å². The Morgan fingerprint density at radius 3 is 1.29 bits per heavy atom. The molecule has 0 N–H and O–H groups in total. The average Bonchev–Trinajstić information content (AvgIpc) is 2.22. The van der Waals surface area contributed by atoms with Crippen molar-refractivity contribution in [3.63, 3.8) is 0 Å². The van der Waals surface area contributed by atoms with Gasteiger partial charge in [0, 0.05) is 19.3 Å². The van der Waals surface area contributed by atoms with E-state index in [0.29, 0.717) is 19.3 Å². The molecule has 4 fully saturated rings. The molecule has 4 saturated carbocycles. The van der Waals surface area contributed by atoms with Crippen LogP contribution in [0.1, 0.15) is 12.8 Å². The van der Waals surface area contributed by atoms with Crippen molar-refractivity contribution >= 4 is 63.7 Å². The molecule has 4 heteroatoms. The molecule has 14 heavy (non-hydrogen) atoms. The molecule has 80 valence electrons. The Morgan fingerprint density at radius 2 is 0.929 bits per heavy atom.